The predicted molar refractivity (Wildman–Crippen MR) is 84.2 cm³/mol. The number of rotatable bonds is 6. The summed E-state index contributed by atoms with van der Waals surface area (Å²) in [4.78, 5) is 14.6. The molecule has 1 unspecified atom stereocenters. The fourth-order valence-electron chi connectivity index (χ4n) is 3.69. The number of aromatic nitrogens is 3. The van der Waals surface area contributed by atoms with E-state index in [0.717, 1.165) is 45.6 Å². The molecule has 0 aromatic carbocycles. The van der Waals surface area contributed by atoms with Crippen LogP contribution in [0.4, 0.5) is 0 Å². The first kappa shape index (κ1) is 15.5. The van der Waals surface area contributed by atoms with Crippen LogP contribution in [0.1, 0.15) is 38.5 Å². The second kappa shape index (κ2) is 7.72. The fourth-order valence-corrected chi connectivity index (χ4v) is 3.69. The molecule has 22 heavy (non-hydrogen) atoms. The number of piperidine rings is 1. The van der Waals surface area contributed by atoms with E-state index < -0.39 is 0 Å². The smallest absolute Gasteiger partial charge is 0.223 e. The number of nitrogens with zero attached hydrogens (tertiary/aromatic N) is 4. The lowest BCUT2D eigenvalue weighted by atomic mass is 9.97. The summed E-state index contributed by atoms with van der Waals surface area (Å²) >= 11 is 0. The van der Waals surface area contributed by atoms with Gasteiger partial charge in [0.25, 0.3) is 0 Å². The van der Waals surface area contributed by atoms with Crippen molar-refractivity contribution < 1.29 is 4.79 Å². The number of carbonyl (C=O) groups is 1. The molecule has 1 aliphatic carbocycles. The van der Waals surface area contributed by atoms with Crippen LogP contribution in [0.15, 0.2) is 12.7 Å². The highest BCUT2D eigenvalue weighted by atomic mass is 16.1. The Labute approximate surface area is 132 Å². The van der Waals surface area contributed by atoms with Gasteiger partial charge in [-0.25, -0.2) is 0 Å². The standard InChI is InChI=1S/C16H27N5O/c22-16(15-5-1-2-6-15)17-10-14-4-3-7-20(11-14)8-9-21-12-18-19-13-21/h12-15H,1-11H2,(H,17,22). The largest absolute Gasteiger partial charge is 0.356 e. The Morgan fingerprint density at radius 1 is 1.09 bits per heavy atom. The first-order valence-corrected chi connectivity index (χ1v) is 8.64. The van der Waals surface area contributed by atoms with Crippen LogP contribution in [0.5, 0.6) is 0 Å². The molecule has 1 aliphatic heterocycles. The molecule has 1 atom stereocenters. The molecule has 6 nitrogen and oxygen atoms in total. The van der Waals surface area contributed by atoms with Gasteiger partial charge >= 0.3 is 0 Å². The van der Waals surface area contributed by atoms with E-state index in [1.807, 2.05) is 4.57 Å². The van der Waals surface area contributed by atoms with Crippen molar-refractivity contribution in [2.75, 3.05) is 26.2 Å². The Morgan fingerprint density at radius 3 is 2.64 bits per heavy atom. The van der Waals surface area contributed by atoms with Gasteiger partial charge in [-0.2, -0.15) is 0 Å². The van der Waals surface area contributed by atoms with Gasteiger partial charge in [-0.1, -0.05) is 12.8 Å². The first-order chi connectivity index (χ1) is 10.8. The summed E-state index contributed by atoms with van der Waals surface area (Å²) in [7, 11) is 0. The van der Waals surface area contributed by atoms with Crippen LogP contribution in [0, 0.1) is 11.8 Å². The summed E-state index contributed by atoms with van der Waals surface area (Å²) in [6.07, 6.45) is 10.6. The summed E-state index contributed by atoms with van der Waals surface area (Å²) in [5.41, 5.74) is 0. The van der Waals surface area contributed by atoms with Crippen LogP contribution in [-0.2, 0) is 11.3 Å². The van der Waals surface area contributed by atoms with Crippen molar-refractivity contribution in [3.05, 3.63) is 12.7 Å². The van der Waals surface area contributed by atoms with Gasteiger partial charge in [-0.3, -0.25) is 4.79 Å². The average molecular weight is 305 g/mol. The maximum absolute atomic E-state index is 12.1. The number of hydrogen-bond acceptors (Lipinski definition) is 4. The molecule has 6 heteroatoms. The Bertz CT molecular complexity index is 455. The summed E-state index contributed by atoms with van der Waals surface area (Å²) in [6, 6.07) is 0. The molecule has 0 spiro atoms. The van der Waals surface area contributed by atoms with Crippen molar-refractivity contribution in [2.24, 2.45) is 11.8 Å². The van der Waals surface area contributed by atoms with E-state index in [9.17, 15) is 4.79 Å². The SMILES string of the molecule is O=C(NCC1CCCN(CCn2cnnc2)C1)C1CCCC1. The van der Waals surface area contributed by atoms with Gasteiger partial charge in [0, 0.05) is 32.1 Å². The van der Waals surface area contributed by atoms with E-state index in [2.05, 4.69) is 20.4 Å². The van der Waals surface area contributed by atoms with Gasteiger partial charge in [0.15, 0.2) is 0 Å². The highest BCUT2D eigenvalue weighted by Crippen LogP contribution is 2.25. The molecule has 0 radical (unpaired) electrons. The minimum Gasteiger partial charge on any atom is -0.356 e. The number of hydrogen-bond donors (Lipinski definition) is 1. The van der Waals surface area contributed by atoms with Crippen LogP contribution in [0.2, 0.25) is 0 Å². The highest BCUT2D eigenvalue weighted by molar-refractivity contribution is 5.78. The molecule has 1 aromatic heterocycles. The number of carbonyl (C=O) groups excluding carboxylic acids is 1. The van der Waals surface area contributed by atoms with Crippen LogP contribution in [0.25, 0.3) is 0 Å². The normalized spacial score (nSPS) is 23.7. The Hall–Kier alpha value is -1.43. The molecule has 2 aliphatic rings. The van der Waals surface area contributed by atoms with Crippen LogP contribution >= 0.6 is 0 Å². The third-order valence-electron chi connectivity index (χ3n) is 5.04. The molecule has 2 heterocycles. The van der Waals surface area contributed by atoms with Crippen molar-refractivity contribution in [2.45, 2.75) is 45.1 Å². The lowest BCUT2D eigenvalue weighted by molar-refractivity contribution is -0.125. The molecule has 3 rings (SSSR count). The van der Waals surface area contributed by atoms with Crippen molar-refractivity contribution in [1.82, 2.24) is 25.0 Å². The minimum absolute atomic E-state index is 0.286. The van der Waals surface area contributed by atoms with Crippen molar-refractivity contribution in [1.29, 1.82) is 0 Å². The molecule has 0 bridgehead atoms. The van der Waals surface area contributed by atoms with E-state index in [0.29, 0.717) is 11.8 Å². The van der Waals surface area contributed by atoms with Gasteiger partial charge in [-0.05, 0) is 38.1 Å². The second-order valence-corrected chi connectivity index (χ2v) is 6.74. The van der Waals surface area contributed by atoms with Crippen LogP contribution in [-0.4, -0.2) is 51.8 Å². The monoisotopic (exact) mass is 305 g/mol. The fraction of sp³-hybridized carbons (Fsp3) is 0.812. The van der Waals surface area contributed by atoms with Crippen LogP contribution in [0.3, 0.4) is 0 Å². The molecule has 122 valence electrons. The quantitative estimate of drug-likeness (QED) is 0.860. The Balaban J connectivity index is 1.37. The second-order valence-electron chi connectivity index (χ2n) is 6.74. The molecule has 1 saturated heterocycles. The molecule has 1 aromatic rings. The van der Waals surface area contributed by atoms with E-state index in [-0.39, 0.29) is 5.92 Å². The van der Waals surface area contributed by atoms with Crippen molar-refractivity contribution in [3.63, 3.8) is 0 Å². The zero-order valence-electron chi connectivity index (χ0n) is 13.3. The lowest BCUT2D eigenvalue weighted by Crippen LogP contribution is -2.42. The summed E-state index contributed by atoms with van der Waals surface area (Å²) in [5, 5.41) is 10.9. The predicted octanol–water partition coefficient (Wildman–Crippen LogP) is 1.30. The van der Waals surface area contributed by atoms with E-state index in [1.54, 1.807) is 12.7 Å². The minimum atomic E-state index is 0.286. The van der Waals surface area contributed by atoms with Gasteiger partial charge in [0.05, 0.1) is 0 Å². The molecule has 1 saturated carbocycles. The summed E-state index contributed by atoms with van der Waals surface area (Å²) < 4.78 is 2.02. The zero-order chi connectivity index (χ0) is 15.2. The number of nitrogens with one attached hydrogen (secondary N) is 1. The molecule has 2 fully saturated rings. The molecule has 1 amide bonds. The summed E-state index contributed by atoms with van der Waals surface area (Å²) in [5.74, 6) is 1.17. The Morgan fingerprint density at radius 2 is 1.86 bits per heavy atom. The lowest BCUT2D eigenvalue weighted by Gasteiger charge is -2.33. The molecular formula is C16H27N5O. The van der Waals surface area contributed by atoms with Gasteiger partial charge < -0.3 is 14.8 Å². The molecule has 1 N–H and O–H groups in total. The highest BCUT2D eigenvalue weighted by Gasteiger charge is 2.24. The summed E-state index contributed by atoms with van der Waals surface area (Å²) in [6.45, 7) is 5.07. The zero-order valence-corrected chi connectivity index (χ0v) is 13.3. The average Bonchev–Trinajstić information content (AvgIpc) is 3.24. The van der Waals surface area contributed by atoms with E-state index in [1.165, 1.54) is 25.7 Å². The first-order valence-electron chi connectivity index (χ1n) is 8.64. The van der Waals surface area contributed by atoms with Gasteiger partial charge in [0.2, 0.25) is 5.91 Å². The number of likely N-dealkylation sites (tertiary alicyclic amines) is 1. The van der Waals surface area contributed by atoms with Crippen molar-refractivity contribution >= 4 is 5.91 Å². The van der Waals surface area contributed by atoms with Gasteiger partial charge in [0.1, 0.15) is 12.7 Å². The van der Waals surface area contributed by atoms with Crippen molar-refractivity contribution in [3.8, 4) is 0 Å². The van der Waals surface area contributed by atoms with E-state index >= 15 is 0 Å². The maximum atomic E-state index is 12.1. The number of amides is 1. The third kappa shape index (κ3) is 4.29. The topological polar surface area (TPSA) is 63.1 Å². The maximum Gasteiger partial charge on any atom is 0.223 e. The Kier molecular flexibility index (Phi) is 5.43. The third-order valence-corrected chi connectivity index (χ3v) is 5.04. The van der Waals surface area contributed by atoms with E-state index in [4.69, 9.17) is 0 Å². The van der Waals surface area contributed by atoms with Gasteiger partial charge in [-0.15, -0.1) is 10.2 Å². The molecular weight excluding hydrogens is 278 g/mol. The van der Waals surface area contributed by atoms with Crippen LogP contribution < -0.4 is 5.32 Å².